The van der Waals surface area contributed by atoms with Crippen LogP contribution in [0.1, 0.15) is 41.6 Å². The zero-order valence-corrected chi connectivity index (χ0v) is 20.8. The summed E-state index contributed by atoms with van der Waals surface area (Å²) in [6, 6.07) is 15.6. The van der Waals surface area contributed by atoms with Crippen molar-refractivity contribution in [2.45, 2.75) is 19.9 Å². The average Bonchev–Trinajstić information content (AvgIpc) is 3.43. The number of ether oxygens (including phenoxy) is 2. The highest BCUT2D eigenvalue weighted by atomic mass is 32.1. The third-order valence-corrected chi connectivity index (χ3v) is 7.22. The van der Waals surface area contributed by atoms with Crippen molar-refractivity contribution >= 4 is 43.6 Å². The van der Waals surface area contributed by atoms with Gasteiger partial charge in [-0.15, -0.1) is 0 Å². The number of fused-ring (bicyclic) bond motifs is 3. The van der Waals surface area contributed by atoms with Crippen LogP contribution in [0.5, 0.6) is 11.5 Å². The highest BCUT2D eigenvalue weighted by Crippen LogP contribution is 2.45. The van der Waals surface area contributed by atoms with Crippen molar-refractivity contribution in [1.82, 2.24) is 4.98 Å². The minimum absolute atomic E-state index is 0.0361. The molecule has 0 saturated heterocycles. The van der Waals surface area contributed by atoms with Crippen molar-refractivity contribution in [2.24, 2.45) is 0 Å². The molecule has 0 saturated carbocycles. The number of hydrogen-bond donors (Lipinski definition) is 0. The summed E-state index contributed by atoms with van der Waals surface area (Å²) in [5.41, 5.74) is 1.44. The van der Waals surface area contributed by atoms with E-state index in [4.69, 9.17) is 13.9 Å². The molecule has 1 amide bonds. The van der Waals surface area contributed by atoms with E-state index in [-0.39, 0.29) is 16.8 Å². The zero-order chi connectivity index (χ0) is 25.7. The lowest BCUT2D eigenvalue weighted by Crippen LogP contribution is -2.29. The molecule has 37 heavy (non-hydrogen) atoms. The molecule has 186 valence electrons. The summed E-state index contributed by atoms with van der Waals surface area (Å²) < 4.78 is 32.0. The van der Waals surface area contributed by atoms with Gasteiger partial charge in [0.2, 0.25) is 5.76 Å². The number of aromatic nitrogens is 1. The molecule has 9 heteroatoms. The van der Waals surface area contributed by atoms with Crippen LogP contribution in [0.3, 0.4) is 0 Å². The van der Waals surface area contributed by atoms with E-state index in [9.17, 15) is 14.0 Å². The van der Waals surface area contributed by atoms with Gasteiger partial charge in [-0.25, -0.2) is 9.37 Å². The Morgan fingerprint density at radius 2 is 1.78 bits per heavy atom. The van der Waals surface area contributed by atoms with E-state index in [0.29, 0.717) is 56.6 Å². The van der Waals surface area contributed by atoms with Gasteiger partial charge in [0.1, 0.15) is 11.4 Å². The van der Waals surface area contributed by atoms with Gasteiger partial charge in [-0.3, -0.25) is 14.5 Å². The molecular weight excluding hydrogens is 495 g/mol. The minimum Gasteiger partial charge on any atom is -0.490 e. The largest absolute Gasteiger partial charge is 0.490 e. The van der Waals surface area contributed by atoms with Crippen molar-refractivity contribution in [2.75, 3.05) is 18.1 Å². The zero-order valence-electron chi connectivity index (χ0n) is 20.0. The lowest BCUT2D eigenvalue weighted by atomic mass is 9.98. The van der Waals surface area contributed by atoms with Crippen molar-refractivity contribution in [3.8, 4) is 11.5 Å². The van der Waals surface area contributed by atoms with Gasteiger partial charge in [0.15, 0.2) is 22.1 Å². The molecule has 1 aliphatic heterocycles. The monoisotopic (exact) mass is 516 g/mol. The molecule has 5 aromatic rings. The summed E-state index contributed by atoms with van der Waals surface area (Å²) in [5, 5.41) is 0.709. The highest BCUT2D eigenvalue weighted by molar-refractivity contribution is 7.22. The van der Waals surface area contributed by atoms with E-state index in [2.05, 4.69) is 4.98 Å². The maximum absolute atomic E-state index is 13.9. The fourth-order valence-corrected chi connectivity index (χ4v) is 5.68. The number of carbonyl (C=O) groups excluding carboxylic acids is 1. The Balaban J connectivity index is 1.61. The summed E-state index contributed by atoms with van der Waals surface area (Å²) in [6.45, 7) is 4.60. The van der Waals surface area contributed by atoms with E-state index < -0.39 is 17.8 Å². The summed E-state index contributed by atoms with van der Waals surface area (Å²) in [4.78, 5) is 33.6. The molecule has 0 bridgehead atoms. The van der Waals surface area contributed by atoms with E-state index in [1.165, 1.54) is 28.4 Å². The second-order valence-corrected chi connectivity index (χ2v) is 9.44. The quantitative estimate of drug-likeness (QED) is 0.272. The molecule has 7 nitrogen and oxygen atoms in total. The van der Waals surface area contributed by atoms with E-state index in [1.807, 2.05) is 13.8 Å². The number of benzene rings is 3. The number of halogens is 1. The van der Waals surface area contributed by atoms with Crippen LogP contribution in [-0.4, -0.2) is 24.1 Å². The topological polar surface area (TPSA) is 81.9 Å². The van der Waals surface area contributed by atoms with Crippen LogP contribution < -0.4 is 19.8 Å². The molecule has 0 spiro atoms. The molecule has 2 aromatic heterocycles. The molecule has 0 N–H and O–H groups in total. The first kappa shape index (κ1) is 23.2. The van der Waals surface area contributed by atoms with Gasteiger partial charge < -0.3 is 13.9 Å². The fraction of sp³-hybridized carbons (Fsp3) is 0.179. The van der Waals surface area contributed by atoms with Gasteiger partial charge in [-0.1, -0.05) is 29.5 Å². The number of carbonyl (C=O) groups is 1. The van der Waals surface area contributed by atoms with Gasteiger partial charge in [0.25, 0.3) is 5.91 Å². The number of hydrogen-bond acceptors (Lipinski definition) is 7. The van der Waals surface area contributed by atoms with Crippen LogP contribution in [0.2, 0.25) is 0 Å². The summed E-state index contributed by atoms with van der Waals surface area (Å²) >= 11 is 1.17. The Morgan fingerprint density at radius 1 is 1.00 bits per heavy atom. The number of para-hydroxylation sites is 1. The first-order valence-corrected chi connectivity index (χ1v) is 12.7. The Kier molecular flexibility index (Phi) is 5.64. The first-order valence-electron chi connectivity index (χ1n) is 11.8. The van der Waals surface area contributed by atoms with Gasteiger partial charge in [0.05, 0.1) is 40.4 Å². The van der Waals surface area contributed by atoms with Crippen molar-refractivity contribution in [3.05, 3.63) is 93.6 Å². The lowest BCUT2D eigenvalue weighted by molar-refractivity contribution is 0.0971. The van der Waals surface area contributed by atoms with Crippen LogP contribution in [0.4, 0.5) is 9.52 Å². The summed E-state index contributed by atoms with van der Waals surface area (Å²) in [7, 11) is 0. The van der Waals surface area contributed by atoms with Crippen molar-refractivity contribution in [3.63, 3.8) is 0 Å². The molecule has 0 fully saturated rings. The Bertz CT molecular complexity index is 1740. The number of amides is 1. The third-order valence-electron chi connectivity index (χ3n) is 6.21. The average molecular weight is 517 g/mol. The van der Waals surface area contributed by atoms with Crippen LogP contribution in [0.15, 0.2) is 69.9 Å². The molecule has 3 heterocycles. The van der Waals surface area contributed by atoms with Crippen LogP contribution >= 0.6 is 11.3 Å². The molecule has 0 radical (unpaired) electrons. The van der Waals surface area contributed by atoms with E-state index in [1.54, 1.807) is 48.5 Å². The maximum atomic E-state index is 13.9. The second-order valence-electron chi connectivity index (χ2n) is 8.43. The van der Waals surface area contributed by atoms with Gasteiger partial charge in [0, 0.05) is 0 Å². The first-order chi connectivity index (χ1) is 18.0. The van der Waals surface area contributed by atoms with E-state index in [0.717, 1.165) is 0 Å². The molecule has 1 aliphatic rings. The summed E-state index contributed by atoms with van der Waals surface area (Å²) in [5.74, 6) is 0.135. The second kappa shape index (κ2) is 9.01. The van der Waals surface area contributed by atoms with Gasteiger partial charge in [-0.2, -0.15) is 0 Å². The minimum atomic E-state index is -0.830. The van der Waals surface area contributed by atoms with Crippen LogP contribution in [-0.2, 0) is 0 Å². The number of nitrogens with zero attached hydrogens (tertiary/aromatic N) is 2. The van der Waals surface area contributed by atoms with Gasteiger partial charge >= 0.3 is 0 Å². The molecule has 1 unspecified atom stereocenters. The lowest BCUT2D eigenvalue weighted by Gasteiger charge is -2.23. The normalized spacial score (nSPS) is 14.9. The predicted octanol–water partition coefficient (Wildman–Crippen LogP) is 6.09. The van der Waals surface area contributed by atoms with Crippen LogP contribution in [0, 0.1) is 5.82 Å². The molecule has 6 rings (SSSR count). The van der Waals surface area contributed by atoms with Crippen LogP contribution in [0.25, 0.3) is 21.2 Å². The molecule has 0 aliphatic carbocycles. The Morgan fingerprint density at radius 3 is 2.59 bits per heavy atom. The standard InChI is InChI=1S/C28H21FN2O5S/c1-3-34-20-12-9-15(13-21(20)35-4-2)24-23-25(32)17-7-5-6-8-19(17)36-26(23)27(33)31(24)28-30-18-11-10-16(29)14-22(18)37-28/h5-14,24H,3-4H2,1-2H3. The number of anilines is 1. The van der Waals surface area contributed by atoms with Crippen molar-refractivity contribution < 1.29 is 23.1 Å². The molecule has 1 atom stereocenters. The summed E-state index contributed by atoms with van der Waals surface area (Å²) in [6.07, 6.45) is 0. The maximum Gasteiger partial charge on any atom is 0.297 e. The fourth-order valence-electron chi connectivity index (χ4n) is 4.66. The van der Waals surface area contributed by atoms with E-state index >= 15 is 0 Å². The predicted molar refractivity (Wildman–Crippen MR) is 139 cm³/mol. The third kappa shape index (κ3) is 3.74. The Hall–Kier alpha value is -4.24. The smallest absolute Gasteiger partial charge is 0.297 e. The highest BCUT2D eigenvalue weighted by Gasteiger charge is 2.45. The number of thiazole rings is 1. The number of rotatable bonds is 6. The molecule has 3 aromatic carbocycles. The Labute approximate surface area is 214 Å². The SMILES string of the molecule is CCOc1ccc(C2c3c(oc4ccccc4c3=O)C(=O)N2c2nc3ccc(F)cc3s2)cc1OCC. The van der Waals surface area contributed by atoms with Crippen molar-refractivity contribution in [1.29, 1.82) is 0 Å². The van der Waals surface area contributed by atoms with Gasteiger partial charge in [-0.05, 0) is 61.9 Å². The molecular formula is C28H21FN2O5S.